The first-order valence-corrected chi connectivity index (χ1v) is 13.2. The highest BCUT2D eigenvalue weighted by Crippen LogP contribution is 2.25. The standard InChI is InChI=1S/C31H35N5O4/c1-31(2,20-37)18-26(17-22-13-15-24(16-14-22)23-9-5-3-6-10-23)33-29(38)27-19-36(35-34-27)21-40-30(39)28(32)25-11-7-4-8-12-25/h3-16,19,26,28,37H,17-18,20-21,32H2,1-2H3,(H,33,38)/t26-,28-/m1/s1. The molecular formula is C31H35N5O4. The monoisotopic (exact) mass is 541 g/mol. The highest BCUT2D eigenvalue weighted by molar-refractivity contribution is 5.92. The summed E-state index contributed by atoms with van der Waals surface area (Å²) >= 11 is 0. The molecule has 4 rings (SSSR count). The third-order valence-electron chi connectivity index (χ3n) is 6.63. The number of benzene rings is 3. The molecule has 0 aliphatic heterocycles. The van der Waals surface area contributed by atoms with Gasteiger partial charge in [-0.25, -0.2) is 9.48 Å². The lowest BCUT2D eigenvalue weighted by Gasteiger charge is -2.28. The molecule has 0 spiro atoms. The average Bonchev–Trinajstić information content (AvgIpc) is 3.46. The number of ether oxygens (including phenoxy) is 1. The van der Waals surface area contributed by atoms with Gasteiger partial charge in [-0.05, 0) is 40.5 Å². The van der Waals surface area contributed by atoms with Crippen molar-refractivity contribution in [2.45, 2.75) is 45.5 Å². The highest BCUT2D eigenvalue weighted by Gasteiger charge is 2.26. The third-order valence-corrected chi connectivity index (χ3v) is 6.63. The fraction of sp³-hybridized carbons (Fsp3) is 0.290. The van der Waals surface area contributed by atoms with Gasteiger partial charge < -0.3 is 20.9 Å². The van der Waals surface area contributed by atoms with Gasteiger partial charge in [-0.15, -0.1) is 5.10 Å². The van der Waals surface area contributed by atoms with E-state index in [0.717, 1.165) is 16.7 Å². The molecule has 0 saturated carbocycles. The van der Waals surface area contributed by atoms with E-state index in [0.29, 0.717) is 18.4 Å². The maximum Gasteiger partial charge on any atom is 0.329 e. The van der Waals surface area contributed by atoms with Gasteiger partial charge in [0.2, 0.25) is 0 Å². The zero-order valence-electron chi connectivity index (χ0n) is 22.7. The van der Waals surface area contributed by atoms with E-state index in [-0.39, 0.29) is 25.1 Å². The smallest absolute Gasteiger partial charge is 0.329 e. The highest BCUT2D eigenvalue weighted by atomic mass is 16.5. The van der Waals surface area contributed by atoms with Crippen LogP contribution in [0.1, 0.15) is 47.9 Å². The first-order valence-electron chi connectivity index (χ1n) is 13.2. The summed E-state index contributed by atoms with van der Waals surface area (Å²) in [6.45, 7) is 3.66. The van der Waals surface area contributed by atoms with E-state index in [1.54, 1.807) is 24.3 Å². The van der Waals surface area contributed by atoms with E-state index < -0.39 is 23.3 Å². The van der Waals surface area contributed by atoms with Crippen LogP contribution in [0.5, 0.6) is 0 Å². The van der Waals surface area contributed by atoms with Crippen LogP contribution in [-0.2, 0) is 22.7 Å². The molecule has 1 heterocycles. The summed E-state index contributed by atoms with van der Waals surface area (Å²) in [4.78, 5) is 25.4. The number of amides is 1. The number of nitrogens with one attached hydrogen (secondary N) is 1. The number of aliphatic hydroxyl groups is 1. The molecule has 0 saturated heterocycles. The van der Waals surface area contributed by atoms with Gasteiger partial charge in [-0.2, -0.15) is 0 Å². The van der Waals surface area contributed by atoms with Crippen molar-refractivity contribution in [3.63, 3.8) is 0 Å². The van der Waals surface area contributed by atoms with Crippen molar-refractivity contribution >= 4 is 11.9 Å². The summed E-state index contributed by atoms with van der Waals surface area (Å²) in [5.74, 6) is -1.02. The molecule has 0 bridgehead atoms. The molecule has 1 amide bonds. The number of aliphatic hydroxyl groups excluding tert-OH is 1. The maximum atomic E-state index is 13.1. The second kappa shape index (κ2) is 13.1. The Labute approximate surface area is 234 Å². The van der Waals surface area contributed by atoms with Crippen LogP contribution in [0.4, 0.5) is 0 Å². The lowest BCUT2D eigenvalue weighted by molar-refractivity contribution is -0.149. The molecule has 0 unspecified atom stereocenters. The minimum absolute atomic E-state index is 0.0149. The topological polar surface area (TPSA) is 132 Å². The van der Waals surface area contributed by atoms with Crippen LogP contribution in [0.15, 0.2) is 91.1 Å². The fourth-order valence-electron chi connectivity index (χ4n) is 4.40. The normalized spacial score (nSPS) is 12.9. The largest absolute Gasteiger partial charge is 0.441 e. The van der Waals surface area contributed by atoms with Crippen molar-refractivity contribution in [3.8, 4) is 11.1 Å². The average molecular weight is 542 g/mol. The minimum atomic E-state index is -0.926. The zero-order chi connectivity index (χ0) is 28.5. The molecule has 2 atom stereocenters. The van der Waals surface area contributed by atoms with Gasteiger partial charge in [0, 0.05) is 12.6 Å². The quantitative estimate of drug-likeness (QED) is 0.232. The van der Waals surface area contributed by atoms with E-state index in [9.17, 15) is 14.7 Å². The molecule has 9 nitrogen and oxygen atoms in total. The van der Waals surface area contributed by atoms with Crippen LogP contribution < -0.4 is 11.1 Å². The van der Waals surface area contributed by atoms with Crippen molar-refractivity contribution in [2.75, 3.05) is 6.61 Å². The number of hydrogen-bond acceptors (Lipinski definition) is 7. The van der Waals surface area contributed by atoms with E-state index in [4.69, 9.17) is 10.5 Å². The van der Waals surface area contributed by atoms with Gasteiger partial charge in [0.15, 0.2) is 12.4 Å². The van der Waals surface area contributed by atoms with Crippen molar-refractivity contribution < 1.29 is 19.4 Å². The number of nitrogens with zero attached hydrogens (tertiary/aromatic N) is 3. The molecule has 40 heavy (non-hydrogen) atoms. The molecule has 1 aromatic heterocycles. The number of hydrogen-bond donors (Lipinski definition) is 3. The fourth-order valence-corrected chi connectivity index (χ4v) is 4.40. The Balaban J connectivity index is 1.38. The molecule has 0 fully saturated rings. The molecule has 0 aliphatic carbocycles. The number of carbonyl (C=O) groups is 2. The van der Waals surface area contributed by atoms with Crippen molar-refractivity contribution in [3.05, 3.63) is 108 Å². The van der Waals surface area contributed by atoms with E-state index >= 15 is 0 Å². The molecule has 0 radical (unpaired) electrons. The summed E-state index contributed by atoms with van der Waals surface area (Å²) < 4.78 is 6.52. The lowest BCUT2D eigenvalue weighted by Crippen LogP contribution is -2.40. The van der Waals surface area contributed by atoms with Gasteiger partial charge in [0.25, 0.3) is 5.91 Å². The molecule has 4 aromatic rings. The van der Waals surface area contributed by atoms with Gasteiger partial charge >= 0.3 is 5.97 Å². The van der Waals surface area contributed by atoms with E-state index in [2.05, 4.69) is 52.0 Å². The summed E-state index contributed by atoms with van der Waals surface area (Å²) in [5, 5.41) is 20.8. The Morgan fingerprint density at radius 1 is 0.975 bits per heavy atom. The second-order valence-corrected chi connectivity index (χ2v) is 10.6. The first-order chi connectivity index (χ1) is 19.2. The number of nitrogens with two attached hydrogens (primary N) is 1. The second-order valence-electron chi connectivity index (χ2n) is 10.6. The van der Waals surface area contributed by atoms with Crippen LogP contribution in [0.25, 0.3) is 11.1 Å². The Bertz CT molecular complexity index is 1390. The number of esters is 1. The van der Waals surface area contributed by atoms with Crippen LogP contribution in [0.2, 0.25) is 0 Å². The van der Waals surface area contributed by atoms with Gasteiger partial charge in [-0.3, -0.25) is 4.79 Å². The zero-order valence-corrected chi connectivity index (χ0v) is 22.7. The SMILES string of the molecule is CC(C)(CO)C[C@@H](Cc1ccc(-c2ccccc2)cc1)NC(=O)c1cn(COC(=O)[C@H](N)c2ccccc2)nn1. The summed E-state index contributed by atoms with van der Waals surface area (Å²) in [6.07, 6.45) is 2.55. The molecule has 3 aromatic carbocycles. The van der Waals surface area contributed by atoms with Crippen LogP contribution in [-0.4, -0.2) is 44.6 Å². The Hall–Kier alpha value is -4.34. The van der Waals surface area contributed by atoms with Gasteiger partial charge in [0.05, 0.1) is 6.20 Å². The summed E-state index contributed by atoms with van der Waals surface area (Å²) in [5.41, 5.74) is 9.61. The Morgan fingerprint density at radius 3 is 2.25 bits per heavy atom. The van der Waals surface area contributed by atoms with Gasteiger partial charge in [0.1, 0.15) is 6.04 Å². The molecule has 9 heteroatoms. The van der Waals surface area contributed by atoms with E-state index in [1.807, 2.05) is 38.1 Å². The number of rotatable bonds is 12. The van der Waals surface area contributed by atoms with Crippen LogP contribution in [0, 0.1) is 5.41 Å². The van der Waals surface area contributed by atoms with Crippen molar-refractivity contribution in [1.82, 2.24) is 20.3 Å². The van der Waals surface area contributed by atoms with Crippen LogP contribution in [0.3, 0.4) is 0 Å². The van der Waals surface area contributed by atoms with Gasteiger partial charge in [-0.1, -0.05) is 104 Å². The van der Waals surface area contributed by atoms with Crippen molar-refractivity contribution in [1.29, 1.82) is 0 Å². The minimum Gasteiger partial charge on any atom is -0.441 e. The third kappa shape index (κ3) is 7.84. The summed E-state index contributed by atoms with van der Waals surface area (Å²) in [6, 6.07) is 26.1. The number of carbonyl (C=O) groups excluding carboxylic acids is 2. The Morgan fingerprint density at radius 2 is 1.60 bits per heavy atom. The predicted octanol–water partition coefficient (Wildman–Crippen LogP) is 3.90. The molecule has 208 valence electrons. The Kier molecular flexibility index (Phi) is 9.42. The molecule has 4 N–H and O–H groups in total. The van der Waals surface area contributed by atoms with E-state index in [1.165, 1.54) is 10.9 Å². The molecule has 0 aliphatic rings. The lowest BCUT2D eigenvalue weighted by atomic mass is 9.84. The van der Waals surface area contributed by atoms with Crippen molar-refractivity contribution in [2.24, 2.45) is 11.1 Å². The first kappa shape index (κ1) is 28.7. The number of aromatic nitrogens is 3. The van der Waals surface area contributed by atoms with Crippen LogP contribution >= 0.6 is 0 Å². The maximum absolute atomic E-state index is 13.1. The predicted molar refractivity (Wildman–Crippen MR) is 152 cm³/mol. The summed E-state index contributed by atoms with van der Waals surface area (Å²) in [7, 11) is 0. The molecular weight excluding hydrogens is 506 g/mol.